The summed E-state index contributed by atoms with van der Waals surface area (Å²) in [5.74, 6) is 0.229. The molecule has 0 aromatic heterocycles. The lowest BCUT2D eigenvalue weighted by Crippen LogP contribution is -2.14. The number of hydrogen-bond acceptors (Lipinski definition) is 4. The van der Waals surface area contributed by atoms with E-state index in [0.29, 0.717) is 11.5 Å². The van der Waals surface area contributed by atoms with E-state index < -0.39 is 12.3 Å². The van der Waals surface area contributed by atoms with Gasteiger partial charge in [0.2, 0.25) is 0 Å². The molecule has 1 aliphatic carbocycles. The second-order valence-electron chi connectivity index (χ2n) is 8.52. The van der Waals surface area contributed by atoms with Crippen molar-refractivity contribution >= 4 is 28.9 Å². The first-order valence-electron chi connectivity index (χ1n) is 11.2. The van der Waals surface area contributed by atoms with Gasteiger partial charge >= 0.3 is 5.97 Å². The third-order valence-electron chi connectivity index (χ3n) is 6.22. The van der Waals surface area contributed by atoms with Crippen molar-refractivity contribution in [1.29, 1.82) is 0 Å². The molecule has 1 fully saturated rings. The summed E-state index contributed by atoms with van der Waals surface area (Å²) in [5.41, 5.74) is 13.0. The van der Waals surface area contributed by atoms with Gasteiger partial charge in [0.25, 0.3) is 0 Å². The molecule has 5 nitrogen and oxygen atoms in total. The van der Waals surface area contributed by atoms with E-state index in [9.17, 15) is 9.18 Å². The minimum atomic E-state index is -1.27. The van der Waals surface area contributed by atoms with Gasteiger partial charge in [0.15, 0.2) is 6.30 Å². The molecule has 34 heavy (non-hydrogen) atoms. The number of allylic oxidation sites excluding steroid dienone is 1. The molecule has 0 amide bonds. The smallest absolute Gasteiger partial charge is 0.328 e. The Kier molecular flexibility index (Phi) is 5.90. The highest BCUT2D eigenvalue weighted by Gasteiger charge is 2.31. The molecule has 1 unspecified atom stereocenters. The van der Waals surface area contributed by atoms with Gasteiger partial charge in [0.05, 0.1) is 12.8 Å². The van der Waals surface area contributed by atoms with Gasteiger partial charge in [-0.15, -0.1) is 0 Å². The highest BCUT2D eigenvalue weighted by molar-refractivity contribution is 6.00. The molecule has 0 saturated heterocycles. The lowest BCUT2D eigenvalue weighted by atomic mass is 9.86. The number of carboxylic acids is 1. The van der Waals surface area contributed by atoms with Gasteiger partial charge < -0.3 is 15.3 Å². The van der Waals surface area contributed by atoms with E-state index in [2.05, 4.69) is 23.0 Å². The molecular weight excluding hydrogens is 431 g/mol. The zero-order chi connectivity index (χ0) is 23.7. The third-order valence-corrected chi connectivity index (χ3v) is 6.22. The normalized spacial score (nSPS) is 17.8. The summed E-state index contributed by atoms with van der Waals surface area (Å²) in [4.78, 5) is 10.9. The number of alkyl halides is 1. The predicted molar refractivity (Wildman–Crippen MR) is 132 cm³/mol. The number of anilines is 1. The maximum Gasteiger partial charge on any atom is 0.328 e. The highest BCUT2D eigenvalue weighted by atomic mass is 19.1. The Bertz CT molecular complexity index is 1280. The number of carbonyl (C=O) groups is 1. The summed E-state index contributed by atoms with van der Waals surface area (Å²) in [5, 5.41) is 8.92. The largest absolute Gasteiger partial charge is 0.497 e. The standard InChI is InChI=1S/C28H25FN2O3/c1-34-22-12-9-20(10-13-22)26(19-7-8-19)27(18-5-2-17(3-6-18)4-15-25(32)33)21-11-14-24-23(16-21)28(29)31-30-24/h2-6,9-16,19,28,30-31H,7-8H2,1H3,(H,32,33)/b15-4+,27-26+. The molecule has 1 aliphatic heterocycles. The Morgan fingerprint density at radius 1 is 1.00 bits per heavy atom. The Hall–Kier alpha value is -3.90. The summed E-state index contributed by atoms with van der Waals surface area (Å²) in [6, 6.07) is 21.7. The van der Waals surface area contributed by atoms with Gasteiger partial charge in [0.1, 0.15) is 5.75 Å². The van der Waals surface area contributed by atoms with Gasteiger partial charge in [-0.25, -0.2) is 14.6 Å². The van der Waals surface area contributed by atoms with E-state index in [1.807, 2.05) is 54.6 Å². The van der Waals surface area contributed by atoms with Gasteiger partial charge in [0, 0.05) is 11.6 Å². The number of rotatable bonds is 7. The van der Waals surface area contributed by atoms with E-state index >= 15 is 0 Å². The van der Waals surface area contributed by atoms with E-state index in [4.69, 9.17) is 9.84 Å². The van der Waals surface area contributed by atoms with Crippen LogP contribution < -0.4 is 15.6 Å². The quantitative estimate of drug-likeness (QED) is 0.229. The fraction of sp³-hybridized carbons (Fsp3) is 0.179. The zero-order valence-electron chi connectivity index (χ0n) is 18.7. The van der Waals surface area contributed by atoms with Crippen molar-refractivity contribution in [3.8, 4) is 5.75 Å². The average molecular weight is 457 g/mol. The fourth-order valence-electron chi connectivity index (χ4n) is 4.39. The third kappa shape index (κ3) is 4.45. The lowest BCUT2D eigenvalue weighted by molar-refractivity contribution is -0.131. The first-order chi connectivity index (χ1) is 16.5. The van der Waals surface area contributed by atoms with Crippen LogP contribution in [-0.4, -0.2) is 18.2 Å². The van der Waals surface area contributed by atoms with Crippen LogP contribution in [0.15, 0.2) is 72.8 Å². The molecule has 2 aliphatic rings. The molecule has 3 aromatic carbocycles. The molecule has 3 N–H and O–H groups in total. The van der Waals surface area contributed by atoms with Crippen molar-refractivity contribution in [2.24, 2.45) is 5.92 Å². The van der Waals surface area contributed by atoms with Crippen LogP contribution in [-0.2, 0) is 4.79 Å². The van der Waals surface area contributed by atoms with Crippen LogP contribution in [0.3, 0.4) is 0 Å². The van der Waals surface area contributed by atoms with E-state index in [-0.39, 0.29) is 0 Å². The van der Waals surface area contributed by atoms with Crippen molar-refractivity contribution in [2.75, 3.05) is 12.5 Å². The van der Waals surface area contributed by atoms with E-state index in [0.717, 1.165) is 58.2 Å². The number of benzene rings is 3. The van der Waals surface area contributed by atoms with E-state index in [1.165, 1.54) is 5.57 Å². The van der Waals surface area contributed by atoms with Crippen LogP contribution in [0.1, 0.15) is 47.0 Å². The minimum absolute atomic E-state index is 0.417. The Labute approximate surface area is 197 Å². The molecular formula is C28H25FN2O3. The van der Waals surface area contributed by atoms with Crippen molar-refractivity contribution in [1.82, 2.24) is 5.43 Å². The number of nitrogens with one attached hydrogen (secondary N) is 2. The summed E-state index contributed by atoms with van der Waals surface area (Å²) >= 11 is 0. The lowest BCUT2D eigenvalue weighted by Gasteiger charge is -2.18. The SMILES string of the molecule is COc1ccc(/C(=C(\c2ccc(/C=C/C(=O)O)cc2)c2ccc3c(c2)C(F)NN3)C2CC2)cc1. The molecule has 5 rings (SSSR count). The van der Waals surface area contributed by atoms with Crippen molar-refractivity contribution in [2.45, 2.75) is 19.1 Å². The van der Waals surface area contributed by atoms with Gasteiger partial charge in [-0.3, -0.25) is 0 Å². The summed E-state index contributed by atoms with van der Waals surface area (Å²) in [6.45, 7) is 0. The number of hydrogen-bond donors (Lipinski definition) is 3. The molecule has 0 bridgehead atoms. The molecule has 0 spiro atoms. The summed E-state index contributed by atoms with van der Waals surface area (Å²) in [6.07, 6.45) is 3.63. The summed E-state index contributed by atoms with van der Waals surface area (Å²) < 4.78 is 19.8. The fourth-order valence-corrected chi connectivity index (χ4v) is 4.39. The second kappa shape index (κ2) is 9.15. The van der Waals surface area contributed by atoms with Crippen molar-refractivity contribution in [3.63, 3.8) is 0 Å². The summed E-state index contributed by atoms with van der Waals surface area (Å²) in [7, 11) is 1.65. The number of fused-ring (bicyclic) bond motifs is 1. The van der Waals surface area contributed by atoms with E-state index in [1.54, 1.807) is 13.2 Å². The van der Waals surface area contributed by atoms with Crippen molar-refractivity contribution in [3.05, 3.63) is 101 Å². The number of aliphatic carboxylic acids is 1. The van der Waals surface area contributed by atoms with Crippen LogP contribution in [0.4, 0.5) is 10.1 Å². The van der Waals surface area contributed by atoms with Crippen LogP contribution in [0.2, 0.25) is 0 Å². The van der Waals surface area contributed by atoms with Gasteiger partial charge in [-0.1, -0.05) is 42.5 Å². The van der Waals surface area contributed by atoms with Crippen LogP contribution >= 0.6 is 0 Å². The number of carboxylic acid groups (broad SMARTS) is 1. The predicted octanol–water partition coefficient (Wildman–Crippen LogP) is 6.06. The monoisotopic (exact) mass is 456 g/mol. The van der Waals surface area contributed by atoms with Gasteiger partial charge in [-0.05, 0) is 82.5 Å². The molecule has 6 heteroatoms. The maximum atomic E-state index is 14.5. The van der Waals surface area contributed by atoms with Crippen molar-refractivity contribution < 1.29 is 19.0 Å². The minimum Gasteiger partial charge on any atom is -0.497 e. The Morgan fingerprint density at radius 3 is 2.32 bits per heavy atom. The second-order valence-corrected chi connectivity index (χ2v) is 8.52. The van der Waals surface area contributed by atoms with Gasteiger partial charge in [-0.2, -0.15) is 0 Å². The number of hydrazine groups is 1. The zero-order valence-corrected chi connectivity index (χ0v) is 18.7. The number of methoxy groups -OCH3 is 1. The molecule has 1 saturated carbocycles. The molecule has 1 heterocycles. The maximum absolute atomic E-state index is 14.5. The molecule has 1 atom stereocenters. The van der Waals surface area contributed by atoms with Crippen LogP contribution in [0, 0.1) is 5.92 Å². The average Bonchev–Trinajstić information content (AvgIpc) is 3.64. The first-order valence-corrected chi connectivity index (χ1v) is 11.2. The number of ether oxygens (including phenoxy) is 1. The topological polar surface area (TPSA) is 70.6 Å². The highest BCUT2D eigenvalue weighted by Crippen LogP contribution is 2.48. The molecule has 3 aromatic rings. The molecule has 0 radical (unpaired) electrons. The Morgan fingerprint density at radius 2 is 1.68 bits per heavy atom. The number of halogens is 1. The van der Waals surface area contributed by atoms with Crippen LogP contribution in [0.25, 0.3) is 17.2 Å². The molecule has 172 valence electrons. The van der Waals surface area contributed by atoms with Crippen LogP contribution in [0.5, 0.6) is 5.75 Å². The Balaban J connectivity index is 1.68. The first kappa shape index (κ1) is 21.9.